The Hall–Kier alpha value is -2.10. The zero-order valence-electron chi connectivity index (χ0n) is 10.8. The lowest BCUT2D eigenvalue weighted by atomic mass is 10.0. The summed E-state index contributed by atoms with van der Waals surface area (Å²) in [6.45, 7) is 1.89. The van der Waals surface area contributed by atoms with Crippen molar-refractivity contribution in [2.45, 2.75) is 31.6 Å². The van der Waals surface area contributed by atoms with Gasteiger partial charge in [0.25, 0.3) is 0 Å². The van der Waals surface area contributed by atoms with Crippen molar-refractivity contribution >= 4 is 11.7 Å². The summed E-state index contributed by atoms with van der Waals surface area (Å²) in [5, 5.41) is 9.96. The van der Waals surface area contributed by atoms with Gasteiger partial charge in [-0.05, 0) is 31.4 Å². The largest absolute Gasteiger partial charge is 0.309 e. The number of aromatic amines is 1. The zero-order valence-corrected chi connectivity index (χ0v) is 10.8. The molecule has 1 radical (unpaired) electrons. The maximum absolute atomic E-state index is 12.1. The number of aromatic nitrogens is 2. The molecule has 4 heteroatoms. The average molecular weight is 254 g/mol. The van der Waals surface area contributed by atoms with Crippen LogP contribution in [0, 0.1) is 6.07 Å². The highest BCUT2D eigenvalue weighted by atomic mass is 16.1. The minimum Gasteiger partial charge on any atom is -0.309 e. The van der Waals surface area contributed by atoms with Gasteiger partial charge in [-0.15, -0.1) is 0 Å². The van der Waals surface area contributed by atoms with E-state index in [4.69, 9.17) is 0 Å². The van der Waals surface area contributed by atoms with Crippen molar-refractivity contribution in [2.24, 2.45) is 0 Å². The van der Waals surface area contributed by atoms with Crippen LogP contribution < -0.4 is 5.32 Å². The van der Waals surface area contributed by atoms with Crippen LogP contribution in [0.25, 0.3) is 0 Å². The SMILES string of the molecule is CC(C(=O)Nc1cc(C2CC2)[nH]n1)c1cc[c]cc1. The predicted molar refractivity (Wildman–Crippen MR) is 72.9 cm³/mol. The average Bonchev–Trinajstić information content (AvgIpc) is 3.20. The van der Waals surface area contributed by atoms with Crippen molar-refractivity contribution in [2.75, 3.05) is 5.32 Å². The van der Waals surface area contributed by atoms with Crippen molar-refractivity contribution in [3.63, 3.8) is 0 Å². The highest BCUT2D eigenvalue weighted by Gasteiger charge is 2.26. The Morgan fingerprint density at radius 1 is 1.47 bits per heavy atom. The van der Waals surface area contributed by atoms with Crippen LogP contribution in [-0.4, -0.2) is 16.1 Å². The second-order valence-corrected chi connectivity index (χ2v) is 5.03. The molecule has 1 amide bonds. The van der Waals surface area contributed by atoms with Crippen LogP contribution in [0.5, 0.6) is 0 Å². The molecule has 2 N–H and O–H groups in total. The van der Waals surface area contributed by atoms with Crippen molar-refractivity contribution in [3.05, 3.63) is 47.7 Å². The van der Waals surface area contributed by atoms with Crippen LogP contribution in [0.4, 0.5) is 5.82 Å². The van der Waals surface area contributed by atoms with Gasteiger partial charge in [0.1, 0.15) is 0 Å². The Morgan fingerprint density at radius 3 is 2.89 bits per heavy atom. The van der Waals surface area contributed by atoms with Crippen LogP contribution in [0.15, 0.2) is 30.3 Å². The van der Waals surface area contributed by atoms with Crippen molar-refractivity contribution < 1.29 is 4.79 Å². The lowest BCUT2D eigenvalue weighted by Crippen LogP contribution is -2.19. The number of amides is 1. The third kappa shape index (κ3) is 2.67. The van der Waals surface area contributed by atoms with E-state index in [1.54, 1.807) is 0 Å². The van der Waals surface area contributed by atoms with E-state index < -0.39 is 0 Å². The summed E-state index contributed by atoms with van der Waals surface area (Å²) in [4.78, 5) is 12.1. The summed E-state index contributed by atoms with van der Waals surface area (Å²) in [5.41, 5.74) is 2.10. The molecular formula is C15H16N3O. The van der Waals surface area contributed by atoms with Crippen LogP contribution in [0.2, 0.25) is 0 Å². The van der Waals surface area contributed by atoms with E-state index in [0.717, 1.165) is 11.3 Å². The van der Waals surface area contributed by atoms with Gasteiger partial charge in [-0.3, -0.25) is 9.89 Å². The minimum absolute atomic E-state index is 0.0416. The molecule has 3 rings (SSSR count). The van der Waals surface area contributed by atoms with Gasteiger partial charge in [-0.25, -0.2) is 0 Å². The highest BCUT2D eigenvalue weighted by molar-refractivity contribution is 5.94. The number of carbonyl (C=O) groups excluding carboxylic acids is 1. The van der Waals surface area contributed by atoms with Gasteiger partial charge >= 0.3 is 0 Å². The first kappa shape index (κ1) is 12.0. The normalized spacial score (nSPS) is 16.1. The van der Waals surface area contributed by atoms with E-state index >= 15 is 0 Å². The summed E-state index contributed by atoms with van der Waals surface area (Å²) < 4.78 is 0. The van der Waals surface area contributed by atoms with Gasteiger partial charge in [-0.2, -0.15) is 5.10 Å². The third-order valence-electron chi connectivity index (χ3n) is 3.50. The standard InChI is InChI=1S/C15H16N3O/c1-10(11-5-3-2-4-6-11)15(19)16-14-9-13(17-18-14)12-7-8-12/h3-6,9-10,12H,7-8H2,1H3,(H2,16,17,18,19). The first-order valence-electron chi connectivity index (χ1n) is 6.56. The van der Waals surface area contributed by atoms with Gasteiger partial charge < -0.3 is 5.32 Å². The number of carbonyl (C=O) groups is 1. The number of hydrogen-bond donors (Lipinski definition) is 2. The number of H-pyrrole nitrogens is 1. The van der Waals surface area contributed by atoms with E-state index in [2.05, 4.69) is 21.6 Å². The topological polar surface area (TPSA) is 57.8 Å². The second kappa shape index (κ2) is 4.88. The van der Waals surface area contributed by atoms with Gasteiger partial charge in [0, 0.05) is 17.7 Å². The molecule has 1 fully saturated rings. The van der Waals surface area contributed by atoms with Crippen LogP contribution in [0.1, 0.15) is 42.9 Å². The summed E-state index contributed by atoms with van der Waals surface area (Å²) in [5.74, 6) is 0.984. The molecule has 1 saturated carbocycles. The Kier molecular flexibility index (Phi) is 3.07. The van der Waals surface area contributed by atoms with Crippen molar-refractivity contribution in [1.29, 1.82) is 0 Å². The summed E-state index contributed by atoms with van der Waals surface area (Å²) >= 11 is 0. The van der Waals surface area contributed by atoms with Gasteiger partial charge in [-0.1, -0.05) is 24.3 Å². The molecule has 97 valence electrons. The molecule has 1 aliphatic carbocycles. The molecule has 1 aromatic carbocycles. The summed E-state index contributed by atoms with van der Waals surface area (Å²) in [6, 6.07) is 12.3. The lowest BCUT2D eigenvalue weighted by Gasteiger charge is -2.10. The molecule has 0 spiro atoms. The second-order valence-electron chi connectivity index (χ2n) is 5.03. The fourth-order valence-electron chi connectivity index (χ4n) is 2.08. The molecule has 1 atom stereocenters. The number of nitrogens with one attached hydrogen (secondary N) is 2. The molecule has 0 aliphatic heterocycles. The molecule has 1 unspecified atom stereocenters. The molecule has 1 aliphatic rings. The third-order valence-corrected chi connectivity index (χ3v) is 3.50. The van der Waals surface area contributed by atoms with Crippen LogP contribution in [-0.2, 0) is 4.79 Å². The lowest BCUT2D eigenvalue weighted by molar-refractivity contribution is -0.117. The molecule has 1 aromatic heterocycles. The molecule has 1 heterocycles. The van der Waals surface area contributed by atoms with E-state index in [1.165, 1.54) is 12.8 Å². The van der Waals surface area contributed by atoms with E-state index in [9.17, 15) is 4.79 Å². The van der Waals surface area contributed by atoms with Gasteiger partial charge in [0.05, 0.1) is 5.92 Å². The smallest absolute Gasteiger partial charge is 0.232 e. The molecular weight excluding hydrogens is 238 g/mol. The first-order chi connectivity index (χ1) is 9.24. The maximum atomic E-state index is 12.1. The Bertz CT molecular complexity index is 572. The molecule has 4 nitrogen and oxygen atoms in total. The molecule has 0 saturated heterocycles. The van der Waals surface area contributed by atoms with Crippen LogP contribution in [0.3, 0.4) is 0 Å². The monoisotopic (exact) mass is 254 g/mol. The molecule has 2 aromatic rings. The van der Waals surface area contributed by atoms with Gasteiger partial charge in [0.2, 0.25) is 5.91 Å². The van der Waals surface area contributed by atoms with Crippen molar-refractivity contribution in [1.82, 2.24) is 10.2 Å². The van der Waals surface area contributed by atoms with Crippen molar-refractivity contribution in [3.8, 4) is 0 Å². The zero-order chi connectivity index (χ0) is 13.2. The number of hydrogen-bond acceptors (Lipinski definition) is 2. The molecule has 19 heavy (non-hydrogen) atoms. The first-order valence-corrected chi connectivity index (χ1v) is 6.56. The number of benzene rings is 1. The van der Waals surface area contributed by atoms with Crippen LogP contribution >= 0.6 is 0 Å². The Balaban J connectivity index is 1.66. The predicted octanol–water partition coefficient (Wildman–Crippen LogP) is 2.83. The fraction of sp³-hybridized carbons (Fsp3) is 0.333. The maximum Gasteiger partial charge on any atom is 0.232 e. The quantitative estimate of drug-likeness (QED) is 0.881. The summed E-state index contributed by atoms with van der Waals surface area (Å²) in [6.07, 6.45) is 2.43. The Morgan fingerprint density at radius 2 is 2.21 bits per heavy atom. The number of nitrogens with zero attached hydrogens (tertiary/aromatic N) is 1. The number of rotatable bonds is 4. The van der Waals surface area contributed by atoms with E-state index in [0.29, 0.717) is 11.7 Å². The van der Waals surface area contributed by atoms with E-state index in [-0.39, 0.29) is 11.8 Å². The Labute approximate surface area is 112 Å². The summed E-state index contributed by atoms with van der Waals surface area (Å²) in [7, 11) is 0. The molecule has 0 bridgehead atoms. The number of anilines is 1. The highest BCUT2D eigenvalue weighted by Crippen LogP contribution is 2.39. The van der Waals surface area contributed by atoms with E-state index in [1.807, 2.05) is 37.3 Å². The minimum atomic E-state index is -0.198. The van der Waals surface area contributed by atoms with Gasteiger partial charge in [0.15, 0.2) is 5.82 Å². The fourth-order valence-corrected chi connectivity index (χ4v) is 2.08.